The van der Waals surface area contributed by atoms with Crippen LogP contribution in [-0.2, 0) is 11.2 Å². The molecule has 0 saturated heterocycles. The second kappa shape index (κ2) is 4.74. The van der Waals surface area contributed by atoms with Gasteiger partial charge in [0.25, 0.3) is 0 Å². The van der Waals surface area contributed by atoms with Gasteiger partial charge in [-0.25, -0.2) is 4.79 Å². The summed E-state index contributed by atoms with van der Waals surface area (Å²) in [5, 5.41) is 12.7. The SMILES string of the molecule is CC(C)(C)OC(=O)N[C@H]1c2cc(N)ccc2C[C@@H]1O. The Morgan fingerprint density at radius 2 is 2.16 bits per heavy atom. The highest BCUT2D eigenvalue weighted by Crippen LogP contribution is 2.33. The lowest BCUT2D eigenvalue weighted by molar-refractivity contribution is 0.0438. The zero-order valence-corrected chi connectivity index (χ0v) is 11.4. The lowest BCUT2D eigenvalue weighted by Gasteiger charge is -2.23. The fourth-order valence-electron chi connectivity index (χ4n) is 2.25. The average Bonchev–Trinajstić information content (AvgIpc) is 2.53. The van der Waals surface area contributed by atoms with Gasteiger partial charge in [0, 0.05) is 12.1 Å². The third-order valence-electron chi connectivity index (χ3n) is 2.99. The number of amides is 1. The summed E-state index contributed by atoms with van der Waals surface area (Å²) in [6, 6.07) is 4.99. The molecule has 0 radical (unpaired) electrons. The average molecular weight is 264 g/mol. The third kappa shape index (κ3) is 3.17. The van der Waals surface area contributed by atoms with E-state index in [-0.39, 0.29) is 0 Å². The van der Waals surface area contributed by atoms with Gasteiger partial charge in [0.05, 0.1) is 12.1 Å². The summed E-state index contributed by atoms with van der Waals surface area (Å²) in [5.74, 6) is 0. The smallest absolute Gasteiger partial charge is 0.408 e. The van der Waals surface area contributed by atoms with E-state index in [1.165, 1.54) is 0 Å². The standard InChI is InChI=1S/C14H20N2O3/c1-14(2,3)19-13(18)16-12-10-7-9(15)5-4-8(10)6-11(12)17/h4-5,7,11-12,17H,6,15H2,1-3H3,(H,16,18)/t11-,12-/m0/s1. The molecule has 1 aliphatic rings. The molecule has 0 bridgehead atoms. The van der Waals surface area contributed by atoms with Crippen LogP contribution in [0.15, 0.2) is 18.2 Å². The molecule has 0 saturated carbocycles. The number of anilines is 1. The van der Waals surface area contributed by atoms with Gasteiger partial charge >= 0.3 is 6.09 Å². The van der Waals surface area contributed by atoms with Gasteiger partial charge in [0.1, 0.15) is 5.60 Å². The zero-order chi connectivity index (χ0) is 14.2. The van der Waals surface area contributed by atoms with Crippen LogP contribution in [0.1, 0.15) is 37.9 Å². The summed E-state index contributed by atoms with van der Waals surface area (Å²) >= 11 is 0. The molecular weight excluding hydrogens is 244 g/mol. The molecule has 2 rings (SSSR count). The predicted octanol–water partition coefficient (Wildman–Crippen LogP) is 1.75. The minimum atomic E-state index is -0.649. The molecule has 19 heavy (non-hydrogen) atoms. The third-order valence-corrected chi connectivity index (χ3v) is 2.99. The molecule has 1 amide bonds. The summed E-state index contributed by atoms with van der Waals surface area (Å²) < 4.78 is 5.20. The van der Waals surface area contributed by atoms with E-state index in [1.54, 1.807) is 32.9 Å². The van der Waals surface area contributed by atoms with Crippen molar-refractivity contribution >= 4 is 11.8 Å². The number of carbonyl (C=O) groups is 1. The number of aliphatic hydroxyl groups is 1. The predicted molar refractivity (Wildman–Crippen MR) is 72.7 cm³/mol. The Morgan fingerprint density at radius 1 is 1.47 bits per heavy atom. The van der Waals surface area contributed by atoms with E-state index in [1.807, 2.05) is 6.07 Å². The van der Waals surface area contributed by atoms with Gasteiger partial charge in [0.15, 0.2) is 0 Å². The second-order valence-electron chi connectivity index (χ2n) is 5.85. The first kappa shape index (κ1) is 13.7. The van der Waals surface area contributed by atoms with Crippen LogP contribution in [0.5, 0.6) is 0 Å². The minimum absolute atomic E-state index is 0.464. The van der Waals surface area contributed by atoms with Crippen LogP contribution in [0.2, 0.25) is 0 Å². The molecular formula is C14H20N2O3. The first-order chi connectivity index (χ1) is 8.76. The van der Waals surface area contributed by atoms with Gasteiger partial charge in [-0.2, -0.15) is 0 Å². The van der Waals surface area contributed by atoms with Crippen molar-refractivity contribution in [2.75, 3.05) is 5.73 Å². The van der Waals surface area contributed by atoms with Crippen molar-refractivity contribution in [1.29, 1.82) is 0 Å². The van der Waals surface area contributed by atoms with Crippen molar-refractivity contribution in [3.05, 3.63) is 29.3 Å². The number of ether oxygens (including phenoxy) is 1. The lowest BCUT2D eigenvalue weighted by Crippen LogP contribution is -2.38. The summed E-state index contributed by atoms with van der Waals surface area (Å²) in [6.45, 7) is 5.39. The number of nitrogens with two attached hydrogens (primary N) is 1. The molecule has 0 spiro atoms. The van der Waals surface area contributed by atoms with E-state index in [4.69, 9.17) is 10.5 Å². The van der Waals surface area contributed by atoms with E-state index in [2.05, 4.69) is 5.32 Å². The summed E-state index contributed by atoms with van der Waals surface area (Å²) in [5.41, 5.74) is 7.66. The molecule has 0 aliphatic heterocycles. The van der Waals surface area contributed by atoms with Crippen molar-refractivity contribution in [2.45, 2.75) is 44.9 Å². The number of alkyl carbamates (subject to hydrolysis) is 1. The molecule has 104 valence electrons. The minimum Gasteiger partial charge on any atom is -0.444 e. The van der Waals surface area contributed by atoms with Gasteiger partial charge in [-0.05, 0) is 44.0 Å². The molecule has 1 aromatic carbocycles. The molecule has 0 fully saturated rings. The summed E-state index contributed by atoms with van der Waals surface area (Å²) in [4.78, 5) is 11.8. The van der Waals surface area contributed by atoms with Gasteiger partial charge in [0.2, 0.25) is 0 Å². The van der Waals surface area contributed by atoms with Crippen LogP contribution >= 0.6 is 0 Å². The van der Waals surface area contributed by atoms with E-state index < -0.39 is 23.8 Å². The number of carbonyl (C=O) groups excluding carboxylic acids is 1. The van der Waals surface area contributed by atoms with E-state index in [0.717, 1.165) is 11.1 Å². The number of nitrogen functional groups attached to an aromatic ring is 1. The summed E-state index contributed by atoms with van der Waals surface area (Å²) in [6.07, 6.45) is -0.674. The number of aliphatic hydroxyl groups excluding tert-OH is 1. The Morgan fingerprint density at radius 3 is 2.79 bits per heavy atom. The molecule has 0 unspecified atom stereocenters. The van der Waals surface area contributed by atoms with Crippen LogP contribution in [0.3, 0.4) is 0 Å². The Balaban J connectivity index is 2.14. The van der Waals surface area contributed by atoms with E-state index >= 15 is 0 Å². The van der Waals surface area contributed by atoms with E-state index in [9.17, 15) is 9.90 Å². The van der Waals surface area contributed by atoms with Crippen LogP contribution in [-0.4, -0.2) is 22.9 Å². The highest BCUT2D eigenvalue weighted by molar-refractivity contribution is 5.69. The second-order valence-corrected chi connectivity index (χ2v) is 5.85. The molecule has 2 atom stereocenters. The highest BCUT2D eigenvalue weighted by atomic mass is 16.6. The molecule has 0 heterocycles. The topological polar surface area (TPSA) is 84.6 Å². The van der Waals surface area contributed by atoms with Crippen molar-refractivity contribution in [3.63, 3.8) is 0 Å². The van der Waals surface area contributed by atoms with Gasteiger partial charge in [-0.3, -0.25) is 0 Å². The maximum absolute atomic E-state index is 11.8. The number of hydrogen-bond donors (Lipinski definition) is 3. The highest BCUT2D eigenvalue weighted by Gasteiger charge is 2.33. The van der Waals surface area contributed by atoms with Crippen molar-refractivity contribution in [1.82, 2.24) is 5.32 Å². The quantitative estimate of drug-likeness (QED) is 0.675. The molecule has 5 heteroatoms. The van der Waals surface area contributed by atoms with Crippen molar-refractivity contribution < 1.29 is 14.6 Å². The maximum Gasteiger partial charge on any atom is 0.408 e. The first-order valence-corrected chi connectivity index (χ1v) is 6.32. The lowest BCUT2D eigenvalue weighted by atomic mass is 10.1. The van der Waals surface area contributed by atoms with Gasteiger partial charge in [-0.15, -0.1) is 0 Å². The Kier molecular flexibility index (Phi) is 3.41. The zero-order valence-electron chi connectivity index (χ0n) is 11.4. The normalized spacial score (nSPS) is 21.9. The maximum atomic E-state index is 11.8. The molecule has 1 aromatic rings. The van der Waals surface area contributed by atoms with Crippen molar-refractivity contribution in [3.8, 4) is 0 Å². The number of rotatable bonds is 1. The van der Waals surface area contributed by atoms with E-state index in [0.29, 0.717) is 12.1 Å². The van der Waals surface area contributed by atoms with Gasteiger partial charge in [-0.1, -0.05) is 6.07 Å². The number of benzene rings is 1. The Bertz CT molecular complexity index is 494. The first-order valence-electron chi connectivity index (χ1n) is 6.32. The van der Waals surface area contributed by atoms with Crippen LogP contribution in [0.4, 0.5) is 10.5 Å². The molecule has 5 nitrogen and oxygen atoms in total. The number of hydrogen-bond acceptors (Lipinski definition) is 4. The van der Waals surface area contributed by atoms with Crippen LogP contribution in [0.25, 0.3) is 0 Å². The fraction of sp³-hybridized carbons (Fsp3) is 0.500. The van der Waals surface area contributed by atoms with Gasteiger partial charge < -0.3 is 20.9 Å². The van der Waals surface area contributed by atoms with Crippen LogP contribution < -0.4 is 11.1 Å². The molecule has 1 aliphatic carbocycles. The van der Waals surface area contributed by atoms with Crippen molar-refractivity contribution in [2.24, 2.45) is 0 Å². The Labute approximate surface area is 112 Å². The van der Waals surface area contributed by atoms with Crippen LogP contribution in [0, 0.1) is 0 Å². The monoisotopic (exact) mass is 264 g/mol. The Hall–Kier alpha value is -1.75. The molecule has 4 N–H and O–H groups in total. The fourth-order valence-corrected chi connectivity index (χ4v) is 2.25. The largest absolute Gasteiger partial charge is 0.444 e. The number of fused-ring (bicyclic) bond motifs is 1. The molecule has 0 aromatic heterocycles. The summed E-state index contributed by atoms with van der Waals surface area (Å²) in [7, 11) is 0. The number of nitrogens with one attached hydrogen (secondary N) is 1.